The lowest BCUT2D eigenvalue weighted by molar-refractivity contribution is -0.137. The van der Waals surface area contributed by atoms with Crippen LogP contribution in [0.15, 0.2) is 30.5 Å². The number of carboxylic acids is 1. The van der Waals surface area contributed by atoms with Gasteiger partial charge in [0, 0.05) is 30.3 Å². The van der Waals surface area contributed by atoms with Crippen molar-refractivity contribution in [2.24, 2.45) is 0 Å². The number of rotatable bonds is 7. The standard InChI is InChI=1S/C14H18N2O3/c17-7-3-6-15-8-11-9-16(10-14(18)19)13-5-2-1-4-12(11)13/h1-2,4-5,9,15,17H,3,6-8,10H2,(H,18,19). The lowest BCUT2D eigenvalue weighted by Gasteiger charge is -2.01. The van der Waals surface area contributed by atoms with Crippen LogP contribution >= 0.6 is 0 Å². The summed E-state index contributed by atoms with van der Waals surface area (Å²) in [6, 6.07) is 7.78. The van der Waals surface area contributed by atoms with Crippen molar-refractivity contribution in [3.8, 4) is 0 Å². The van der Waals surface area contributed by atoms with E-state index in [1.165, 1.54) is 0 Å². The summed E-state index contributed by atoms with van der Waals surface area (Å²) in [5.41, 5.74) is 2.01. The maximum atomic E-state index is 10.9. The molecule has 0 aliphatic rings. The molecule has 0 aliphatic heterocycles. The highest BCUT2D eigenvalue weighted by Gasteiger charge is 2.09. The van der Waals surface area contributed by atoms with E-state index in [-0.39, 0.29) is 13.2 Å². The molecule has 0 aliphatic carbocycles. The van der Waals surface area contributed by atoms with Gasteiger partial charge in [0.15, 0.2) is 0 Å². The molecule has 0 fully saturated rings. The van der Waals surface area contributed by atoms with Crippen LogP contribution in [-0.4, -0.2) is 33.9 Å². The summed E-state index contributed by atoms with van der Waals surface area (Å²) in [7, 11) is 0. The van der Waals surface area contributed by atoms with Gasteiger partial charge in [0.1, 0.15) is 6.54 Å². The fourth-order valence-corrected chi connectivity index (χ4v) is 2.17. The molecule has 5 nitrogen and oxygen atoms in total. The number of benzene rings is 1. The van der Waals surface area contributed by atoms with Crippen LogP contribution in [0.3, 0.4) is 0 Å². The molecular weight excluding hydrogens is 244 g/mol. The van der Waals surface area contributed by atoms with Crippen LogP contribution in [-0.2, 0) is 17.9 Å². The first-order valence-corrected chi connectivity index (χ1v) is 6.32. The zero-order valence-corrected chi connectivity index (χ0v) is 10.7. The van der Waals surface area contributed by atoms with Crippen LogP contribution in [0.25, 0.3) is 10.9 Å². The van der Waals surface area contributed by atoms with Gasteiger partial charge >= 0.3 is 5.97 Å². The van der Waals surface area contributed by atoms with Crippen LogP contribution < -0.4 is 5.32 Å². The topological polar surface area (TPSA) is 74.5 Å². The Labute approximate surface area is 111 Å². The Hall–Kier alpha value is -1.85. The first kappa shape index (κ1) is 13.6. The van der Waals surface area contributed by atoms with Gasteiger partial charge in [-0.2, -0.15) is 0 Å². The second-order valence-corrected chi connectivity index (χ2v) is 4.45. The van der Waals surface area contributed by atoms with Gasteiger partial charge in [-0.25, -0.2) is 0 Å². The first-order chi connectivity index (χ1) is 9.22. The highest BCUT2D eigenvalue weighted by atomic mass is 16.4. The number of aliphatic hydroxyl groups is 1. The number of hydrogen-bond donors (Lipinski definition) is 3. The van der Waals surface area contributed by atoms with Gasteiger partial charge in [0.05, 0.1) is 0 Å². The normalized spacial score (nSPS) is 11.0. The molecule has 0 atom stereocenters. The molecule has 0 bridgehead atoms. The molecule has 0 saturated heterocycles. The number of hydrogen-bond acceptors (Lipinski definition) is 3. The number of aliphatic carboxylic acids is 1. The number of carboxylic acid groups (broad SMARTS) is 1. The summed E-state index contributed by atoms with van der Waals surface area (Å²) in [5, 5.41) is 22.0. The van der Waals surface area contributed by atoms with Gasteiger partial charge < -0.3 is 20.1 Å². The Morgan fingerprint density at radius 3 is 2.84 bits per heavy atom. The minimum absolute atomic E-state index is 0.0306. The summed E-state index contributed by atoms with van der Waals surface area (Å²) in [5.74, 6) is -0.847. The molecule has 2 rings (SSSR count). The molecule has 1 heterocycles. The van der Waals surface area contributed by atoms with E-state index in [0.717, 1.165) is 23.0 Å². The molecule has 3 N–H and O–H groups in total. The zero-order valence-electron chi connectivity index (χ0n) is 10.7. The van der Waals surface area contributed by atoms with Gasteiger partial charge in [-0.1, -0.05) is 18.2 Å². The summed E-state index contributed by atoms with van der Waals surface area (Å²) < 4.78 is 1.75. The maximum Gasteiger partial charge on any atom is 0.323 e. The van der Waals surface area contributed by atoms with E-state index in [4.69, 9.17) is 10.2 Å². The third-order valence-corrected chi connectivity index (χ3v) is 3.00. The molecule has 0 amide bonds. The van der Waals surface area contributed by atoms with E-state index in [0.29, 0.717) is 13.0 Å². The second kappa shape index (κ2) is 6.36. The second-order valence-electron chi connectivity index (χ2n) is 4.45. The molecular formula is C14H18N2O3. The largest absolute Gasteiger partial charge is 0.480 e. The van der Waals surface area contributed by atoms with Crippen molar-refractivity contribution in [3.05, 3.63) is 36.0 Å². The van der Waals surface area contributed by atoms with E-state index in [1.807, 2.05) is 30.5 Å². The molecule has 0 spiro atoms. The van der Waals surface area contributed by atoms with Crippen molar-refractivity contribution in [2.45, 2.75) is 19.5 Å². The predicted molar refractivity (Wildman–Crippen MR) is 73.0 cm³/mol. The lowest BCUT2D eigenvalue weighted by Crippen LogP contribution is -2.15. The van der Waals surface area contributed by atoms with Crippen LogP contribution in [0.4, 0.5) is 0 Å². The van der Waals surface area contributed by atoms with Gasteiger partial charge in [0.25, 0.3) is 0 Å². The van der Waals surface area contributed by atoms with Crippen LogP contribution in [0, 0.1) is 0 Å². The number of para-hydroxylation sites is 1. The number of nitrogens with one attached hydrogen (secondary N) is 1. The van der Waals surface area contributed by atoms with Crippen LogP contribution in [0.5, 0.6) is 0 Å². The Kier molecular flexibility index (Phi) is 4.54. The smallest absolute Gasteiger partial charge is 0.323 e. The van der Waals surface area contributed by atoms with E-state index >= 15 is 0 Å². The molecule has 1 aromatic carbocycles. The fourth-order valence-electron chi connectivity index (χ4n) is 2.17. The minimum Gasteiger partial charge on any atom is -0.480 e. The number of fused-ring (bicyclic) bond motifs is 1. The van der Waals surface area contributed by atoms with Crippen molar-refractivity contribution in [1.29, 1.82) is 0 Å². The highest BCUT2D eigenvalue weighted by molar-refractivity contribution is 5.85. The monoisotopic (exact) mass is 262 g/mol. The highest BCUT2D eigenvalue weighted by Crippen LogP contribution is 2.21. The average molecular weight is 262 g/mol. The first-order valence-electron chi connectivity index (χ1n) is 6.32. The molecule has 1 aromatic heterocycles. The van der Waals surface area contributed by atoms with E-state index in [2.05, 4.69) is 5.32 Å². The van der Waals surface area contributed by atoms with E-state index in [9.17, 15) is 4.79 Å². The Morgan fingerprint density at radius 1 is 1.32 bits per heavy atom. The summed E-state index contributed by atoms with van der Waals surface area (Å²) in [6.07, 6.45) is 2.60. The minimum atomic E-state index is -0.847. The van der Waals surface area contributed by atoms with E-state index < -0.39 is 5.97 Å². The fraction of sp³-hybridized carbons (Fsp3) is 0.357. The van der Waals surface area contributed by atoms with E-state index in [1.54, 1.807) is 4.57 Å². The molecule has 0 radical (unpaired) electrons. The number of nitrogens with zero attached hydrogens (tertiary/aromatic N) is 1. The lowest BCUT2D eigenvalue weighted by atomic mass is 10.2. The molecule has 5 heteroatoms. The van der Waals surface area contributed by atoms with Crippen molar-refractivity contribution >= 4 is 16.9 Å². The third kappa shape index (κ3) is 3.33. The van der Waals surface area contributed by atoms with Gasteiger partial charge in [0.2, 0.25) is 0 Å². The molecule has 0 unspecified atom stereocenters. The van der Waals surface area contributed by atoms with Gasteiger partial charge in [-0.3, -0.25) is 4.79 Å². The molecule has 2 aromatic rings. The van der Waals surface area contributed by atoms with Crippen molar-refractivity contribution in [3.63, 3.8) is 0 Å². The number of aromatic nitrogens is 1. The van der Waals surface area contributed by atoms with Gasteiger partial charge in [-0.05, 0) is 24.6 Å². The van der Waals surface area contributed by atoms with Gasteiger partial charge in [-0.15, -0.1) is 0 Å². The Balaban J connectivity index is 2.20. The average Bonchev–Trinajstić information content (AvgIpc) is 2.73. The molecule has 0 saturated carbocycles. The Morgan fingerprint density at radius 2 is 2.11 bits per heavy atom. The van der Waals surface area contributed by atoms with Crippen LogP contribution in [0.1, 0.15) is 12.0 Å². The zero-order chi connectivity index (χ0) is 13.7. The van der Waals surface area contributed by atoms with Crippen molar-refractivity contribution in [2.75, 3.05) is 13.2 Å². The molecule has 19 heavy (non-hydrogen) atoms. The number of carbonyl (C=O) groups is 1. The van der Waals surface area contributed by atoms with Crippen molar-refractivity contribution in [1.82, 2.24) is 9.88 Å². The predicted octanol–water partition coefficient (Wildman–Crippen LogP) is 1.20. The van der Waals surface area contributed by atoms with Crippen LogP contribution in [0.2, 0.25) is 0 Å². The molecule has 102 valence electrons. The summed E-state index contributed by atoms with van der Waals surface area (Å²) in [4.78, 5) is 10.9. The summed E-state index contributed by atoms with van der Waals surface area (Å²) >= 11 is 0. The third-order valence-electron chi connectivity index (χ3n) is 3.00. The van der Waals surface area contributed by atoms with Crippen molar-refractivity contribution < 1.29 is 15.0 Å². The summed E-state index contributed by atoms with van der Waals surface area (Å²) in [6.45, 7) is 1.56. The maximum absolute atomic E-state index is 10.9. The Bertz CT molecular complexity index is 563. The quantitative estimate of drug-likeness (QED) is 0.655. The SMILES string of the molecule is O=C(O)Cn1cc(CNCCCO)c2ccccc21. The number of aliphatic hydroxyl groups excluding tert-OH is 1.